The topological polar surface area (TPSA) is 83.8 Å². The van der Waals surface area contributed by atoms with Crippen LogP contribution in [0.15, 0.2) is 36.5 Å². The molecule has 0 bridgehead atoms. The maximum atomic E-state index is 11.9. The molecule has 2 rings (SSSR count). The van der Waals surface area contributed by atoms with Gasteiger partial charge in [-0.3, -0.25) is 9.89 Å². The van der Waals surface area contributed by atoms with Gasteiger partial charge >= 0.3 is 0 Å². The van der Waals surface area contributed by atoms with Crippen molar-refractivity contribution in [2.45, 2.75) is 26.3 Å². The van der Waals surface area contributed by atoms with Crippen molar-refractivity contribution in [3.8, 4) is 11.3 Å². The van der Waals surface area contributed by atoms with E-state index < -0.39 is 0 Å². The molecular weight excluding hydrogens is 252 g/mol. The number of hydrogen-bond acceptors (Lipinski definition) is 3. The lowest BCUT2D eigenvalue weighted by atomic mass is 10.0. The largest absolute Gasteiger partial charge is 0.327 e. The number of nitrogens with one attached hydrogen (secondary N) is 2. The molecule has 0 saturated heterocycles. The third kappa shape index (κ3) is 3.68. The highest BCUT2D eigenvalue weighted by Crippen LogP contribution is 2.20. The van der Waals surface area contributed by atoms with Gasteiger partial charge in [0.1, 0.15) is 0 Å². The van der Waals surface area contributed by atoms with Crippen LogP contribution in [0.1, 0.15) is 20.3 Å². The third-order valence-electron chi connectivity index (χ3n) is 3.24. The molecule has 0 fully saturated rings. The maximum absolute atomic E-state index is 11.9. The number of aromatic amines is 1. The summed E-state index contributed by atoms with van der Waals surface area (Å²) in [6.45, 7) is 4.02. The predicted octanol–water partition coefficient (Wildman–Crippen LogP) is 2.39. The second kappa shape index (κ2) is 6.34. The molecule has 2 aromatic rings. The molecule has 1 aromatic carbocycles. The summed E-state index contributed by atoms with van der Waals surface area (Å²) in [5.41, 5.74) is 8.56. The summed E-state index contributed by atoms with van der Waals surface area (Å²) in [6.07, 6.45) is 2.02. The van der Waals surface area contributed by atoms with Gasteiger partial charge in [-0.05, 0) is 24.1 Å². The van der Waals surface area contributed by atoms with Crippen LogP contribution in [-0.2, 0) is 4.79 Å². The molecule has 5 nitrogen and oxygen atoms in total. The second-order valence-corrected chi connectivity index (χ2v) is 5.21. The number of H-pyrrole nitrogens is 1. The van der Waals surface area contributed by atoms with Crippen molar-refractivity contribution in [3.63, 3.8) is 0 Å². The summed E-state index contributed by atoms with van der Waals surface area (Å²) < 4.78 is 0. The Hall–Kier alpha value is -2.14. The molecule has 0 saturated carbocycles. The smallest absolute Gasteiger partial charge is 0.225 e. The second-order valence-electron chi connectivity index (χ2n) is 5.21. The van der Waals surface area contributed by atoms with Crippen LogP contribution in [0.2, 0.25) is 0 Å². The molecule has 5 heteroatoms. The van der Waals surface area contributed by atoms with Crippen LogP contribution in [0.3, 0.4) is 0 Å². The number of carbonyl (C=O) groups is 1. The SMILES string of the molecule is CC(C)C(N)CC(=O)Nc1cccc(-c2ccn[nH]2)c1. The van der Waals surface area contributed by atoms with Gasteiger partial charge in [-0.15, -0.1) is 0 Å². The lowest BCUT2D eigenvalue weighted by Gasteiger charge is -2.15. The normalized spacial score (nSPS) is 12.4. The van der Waals surface area contributed by atoms with Crippen molar-refractivity contribution in [2.75, 3.05) is 5.32 Å². The average Bonchev–Trinajstić information content (AvgIpc) is 2.92. The van der Waals surface area contributed by atoms with Crippen LogP contribution in [-0.4, -0.2) is 22.1 Å². The molecule has 1 unspecified atom stereocenters. The monoisotopic (exact) mass is 272 g/mol. The van der Waals surface area contributed by atoms with Crippen molar-refractivity contribution in [1.82, 2.24) is 10.2 Å². The van der Waals surface area contributed by atoms with Gasteiger partial charge in [0.2, 0.25) is 5.91 Å². The molecule has 106 valence electrons. The molecule has 0 aliphatic rings. The van der Waals surface area contributed by atoms with E-state index in [0.717, 1.165) is 16.9 Å². The Morgan fingerprint density at radius 3 is 2.85 bits per heavy atom. The first-order valence-corrected chi connectivity index (χ1v) is 6.71. The summed E-state index contributed by atoms with van der Waals surface area (Å²) in [4.78, 5) is 11.9. The van der Waals surface area contributed by atoms with Crippen molar-refractivity contribution < 1.29 is 4.79 Å². The number of amides is 1. The lowest BCUT2D eigenvalue weighted by Crippen LogP contribution is -2.31. The van der Waals surface area contributed by atoms with Gasteiger partial charge < -0.3 is 11.1 Å². The highest BCUT2D eigenvalue weighted by atomic mass is 16.1. The Bertz CT molecular complexity index is 563. The van der Waals surface area contributed by atoms with E-state index in [1.807, 2.05) is 44.2 Å². The summed E-state index contributed by atoms with van der Waals surface area (Å²) in [5.74, 6) is 0.227. The summed E-state index contributed by atoms with van der Waals surface area (Å²) >= 11 is 0. The van der Waals surface area contributed by atoms with Gasteiger partial charge in [-0.25, -0.2) is 0 Å². The van der Waals surface area contributed by atoms with Gasteiger partial charge in [0, 0.05) is 29.9 Å². The first-order chi connectivity index (χ1) is 9.56. The number of benzene rings is 1. The van der Waals surface area contributed by atoms with E-state index in [4.69, 9.17) is 5.73 Å². The summed E-state index contributed by atoms with van der Waals surface area (Å²) in [6, 6.07) is 9.39. The van der Waals surface area contributed by atoms with E-state index in [-0.39, 0.29) is 17.9 Å². The van der Waals surface area contributed by atoms with Crippen molar-refractivity contribution in [1.29, 1.82) is 0 Å². The Morgan fingerprint density at radius 1 is 1.40 bits per heavy atom. The van der Waals surface area contributed by atoms with Crippen LogP contribution in [0.25, 0.3) is 11.3 Å². The van der Waals surface area contributed by atoms with E-state index >= 15 is 0 Å². The van der Waals surface area contributed by atoms with E-state index in [0.29, 0.717) is 6.42 Å². The Labute approximate surface area is 118 Å². The van der Waals surface area contributed by atoms with Crippen LogP contribution in [0, 0.1) is 5.92 Å². The third-order valence-corrected chi connectivity index (χ3v) is 3.24. The number of nitrogens with zero attached hydrogens (tertiary/aromatic N) is 1. The zero-order chi connectivity index (χ0) is 14.5. The molecule has 0 aliphatic carbocycles. The maximum Gasteiger partial charge on any atom is 0.225 e. The van der Waals surface area contributed by atoms with Gasteiger partial charge in [0.05, 0.1) is 5.69 Å². The Balaban J connectivity index is 2.03. The molecule has 0 radical (unpaired) electrons. The number of rotatable bonds is 5. The van der Waals surface area contributed by atoms with Gasteiger partial charge in [0.15, 0.2) is 0 Å². The van der Waals surface area contributed by atoms with Crippen LogP contribution in [0.5, 0.6) is 0 Å². The highest BCUT2D eigenvalue weighted by Gasteiger charge is 2.13. The van der Waals surface area contributed by atoms with Crippen molar-refractivity contribution in [3.05, 3.63) is 36.5 Å². The van der Waals surface area contributed by atoms with E-state index in [1.54, 1.807) is 6.20 Å². The molecule has 20 heavy (non-hydrogen) atoms. The molecule has 1 aromatic heterocycles. The molecule has 1 heterocycles. The number of hydrogen-bond donors (Lipinski definition) is 3. The zero-order valence-corrected chi connectivity index (χ0v) is 11.8. The summed E-state index contributed by atoms with van der Waals surface area (Å²) in [5, 5.41) is 9.69. The van der Waals surface area contributed by atoms with Crippen molar-refractivity contribution in [2.24, 2.45) is 11.7 Å². The minimum atomic E-state index is -0.120. The van der Waals surface area contributed by atoms with Crippen LogP contribution >= 0.6 is 0 Å². The molecule has 0 aliphatic heterocycles. The van der Waals surface area contributed by atoms with E-state index in [2.05, 4.69) is 15.5 Å². The molecule has 0 spiro atoms. The molecule has 4 N–H and O–H groups in total. The Kier molecular flexibility index (Phi) is 4.53. The first-order valence-electron chi connectivity index (χ1n) is 6.71. The first kappa shape index (κ1) is 14.3. The Morgan fingerprint density at radius 2 is 2.20 bits per heavy atom. The molecular formula is C15H20N4O. The minimum absolute atomic E-state index is 0.0621. The number of aromatic nitrogens is 2. The fourth-order valence-corrected chi connectivity index (χ4v) is 1.84. The standard InChI is InChI=1S/C15H20N4O/c1-10(2)13(16)9-15(20)18-12-5-3-4-11(8-12)14-6-7-17-19-14/h3-8,10,13H,9,16H2,1-2H3,(H,17,19)(H,18,20). The summed E-state index contributed by atoms with van der Waals surface area (Å²) in [7, 11) is 0. The van der Waals surface area contributed by atoms with Gasteiger partial charge in [-0.1, -0.05) is 26.0 Å². The lowest BCUT2D eigenvalue weighted by molar-refractivity contribution is -0.116. The molecule has 1 atom stereocenters. The highest BCUT2D eigenvalue weighted by molar-refractivity contribution is 5.91. The minimum Gasteiger partial charge on any atom is -0.327 e. The quantitative estimate of drug-likeness (QED) is 0.781. The van der Waals surface area contributed by atoms with E-state index in [1.165, 1.54) is 0 Å². The van der Waals surface area contributed by atoms with Crippen LogP contribution < -0.4 is 11.1 Å². The fraction of sp³-hybridized carbons (Fsp3) is 0.333. The number of anilines is 1. The zero-order valence-electron chi connectivity index (χ0n) is 11.8. The average molecular weight is 272 g/mol. The number of nitrogens with two attached hydrogens (primary N) is 1. The fourth-order valence-electron chi connectivity index (χ4n) is 1.84. The van der Waals surface area contributed by atoms with Gasteiger partial charge in [0.25, 0.3) is 0 Å². The van der Waals surface area contributed by atoms with Crippen LogP contribution in [0.4, 0.5) is 5.69 Å². The predicted molar refractivity (Wildman–Crippen MR) is 80.1 cm³/mol. The molecule has 1 amide bonds. The number of carbonyl (C=O) groups excluding carboxylic acids is 1. The van der Waals surface area contributed by atoms with Crippen molar-refractivity contribution >= 4 is 11.6 Å². The van der Waals surface area contributed by atoms with Gasteiger partial charge in [-0.2, -0.15) is 5.10 Å². The van der Waals surface area contributed by atoms with E-state index in [9.17, 15) is 4.79 Å².